The predicted octanol–water partition coefficient (Wildman–Crippen LogP) is 4.73. The first kappa shape index (κ1) is 17.9. The van der Waals surface area contributed by atoms with Crippen LogP contribution >= 0.6 is 0 Å². The van der Waals surface area contributed by atoms with Gasteiger partial charge in [0.2, 0.25) is 0 Å². The summed E-state index contributed by atoms with van der Waals surface area (Å²) in [4.78, 5) is 0. The standard InChI is InChI=1S/C19H30O2/c1-3-5-9-17(4-2)12-13-19(20)14-15-21-16-18-10-7-6-8-11-18/h4,6-8,10-11,17,19-20H,2-3,5,9,12-16H2,1H3. The average Bonchev–Trinajstić information content (AvgIpc) is 2.53. The van der Waals surface area contributed by atoms with Gasteiger partial charge >= 0.3 is 0 Å². The van der Waals surface area contributed by atoms with E-state index in [2.05, 4.69) is 25.6 Å². The fourth-order valence-electron chi connectivity index (χ4n) is 2.38. The highest BCUT2D eigenvalue weighted by atomic mass is 16.5. The average molecular weight is 290 g/mol. The third-order valence-corrected chi connectivity index (χ3v) is 3.84. The van der Waals surface area contributed by atoms with Crippen LogP contribution in [-0.4, -0.2) is 17.8 Å². The maximum absolute atomic E-state index is 10.0. The van der Waals surface area contributed by atoms with Crippen LogP contribution in [0.15, 0.2) is 43.0 Å². The van der Waals surface area contributed by atoms with Crippen LogP contribution in [0.4, 0.5) is 0 Å². The van der Waals surface area contributed by atoms with Gasteiger partial charge in [-0.3, -0.25) is 0 Å². The molecular formula is C19H30O2. The summed E-state index contributed by atoms with van der Waals surface area (Å²) in [6.45, 7) is 7.34. The van der Waals surface area contributed by atoms with E-state index >= 15 is 0 Å². The van der Waals surface area contributed by atoms with Gasteiger partial charge in [0.1, 0.15) is 0 Å². The van der Waals surface area contributed by atoms with Gasteiger partial charge in [0.25, 0.3) is 0 Å². The van der Waals surface area contributed by atoms with Crippen molar-refractivity contribution in [2.24, 2.45) is 5.92 Å². The summed E-state index contributed by atoms with van der Waals surface area (Å²) in [6.07, 6.45) is 8.02. The van der Waals surface area contributed by atoms with Gasteiger partial charge in [0.05, 0.1) is 12.7 Å². The summed E-state index contributed by atoms with van der Waals surface area (Å²) >= 11 is 0. The second kappa shape index (κ2) is 11.5. The minimum Gasteiger partial charge on any atom is -0.393 e. The minimum absolute atomic E-state index is 0.259. The van der Waals surface area contributed by atoms with E-state index in [0.29, 0.717) is 25.6 Å². The van der Waals surface area contributed by atoms with Crippen molar-refractivity contribution < 1.29 is 9.84 Å². The number of aliphatic hydroxyl groups excluding tert-OH is 1. The first-order valence-corrected chi connectivity index (χ1v) is 8.18. The van der Waals surface area contributed by atoms with Gasteiger partial charge < -0.3 is 9.84 Å². The summed E-state index contributed by atoms with van der Waals surface area (Å²) in [5, 5.41) is 10.0. The second-order valence-electron chi connectivity index (χ2n) is 5.70. The van der Waals surface area contributed by atoms with E-state index in [1.807, 2.05) is 24.3 Å². The number of unbranched alkanes of at least 4 members (excludes halogenated alkanes) is 1. The normalized spacial score (nSPS) is 13.8. The van der Waals surface area contributed by atoms with Crippen LogP contribution in [-0.2, 0) is 11.3 Å². The molecule has 21 heavy (non-hydrogen) atoms. The summed E-state index contributed by atoms with van der Waals surface area (Å²) in [5.74, 6) is 0.546. The number of allylic oxidation sites excluding steroid dienone is 1. The highest BCUT2D eigenvalue weighted by Crippen LogP contribution is 2.18. The minimum atomic E-state index is -0.259. The van der Waals surface area contributed by atoms with E-state index in [4.69, 9.17) is 4.74 Å². The molecule has 1 aromatic carbocycles. The molecule has 0 spiro atoms. The van der Waals surface area contributed by atoms with E-state index in [1.165, 1.54) is 24.8 Å². The fraction of sp³-hybridized carbons (Fsp3) is 0.579. The molecule has 0 saturated heterocycles. The molecule has 2 atom stereocenters. The van der Waals surface area contributed by atoms with Crippen molar-refractivity contribution in [2.45, 2.75) is 58.2 Å². The van der Waals surface area contributed by atoms with E-state index < -0.39 is 0 Å². The number of rotatable bonds is 12. The molecule has 1 N–H and O–H groups in total. The highest BCUT2D eigenvalue weighted by molar-refractivity contribution is 5.13. The number of benzene rings is 1. The maximum Gasteiger partial charge on any atom is 0.0716 e. The smallest absolute Gasteiger partial charge is 0.0716 e. The molecule has 0 aliphatic heterocycles. The van der Waals surface area contributed by atoms with Gasteiger partial charge in [-0.25, -0.2) is 0 Å². The van der Waals surface area contributed by atoms with Crippen LogP contribution < -0.4 is 0 Å². The Bertz CT molecular complexity index is 361. The third-order valence-electron chi connectivity index (χ3n) is 3.84. The van der Waals surface area contributed by atoms with Crippen LogP contribution in [0.1, 0.15) is 51.0 Å². The monoisotopic (exact) mass is 290 g/mol. The molecule has 0 fully saturated rings. The molecule has 2 nitrogen and oxygen atoms in total. The van der Waals surface area contributed by atoms with Crippen molar-refractivity contribution in [3.63, 3.8) is 0 Å². The molecule has 1 aromatic rings. The number of hydrogen-bond donors (Lipinski definition) is 1. The molecule has 0 aromatic heterocycles. The highest BCUT2D eigenvalue weighted by Gasteiger charge is 2.09. The molecule has 0 heterocycles. The van der Waals surface area contributed by atoms with E-state index in [-0.39, 0.29) is 6.10 Å². The van der Waals surface area contributed by atoms with E-state index in [0.717, 1.165) is 12.8 Å². The lowest BCUT2D eigenvalue weighted by Gasteiger charge is -2.15. The third kappa shape index (κ3) is 8.69. The number of hydrogen-bond acceptors (Lipinski definition) is 2. The van der Waals surface area contributed by atoms with Crippen LogP contribution in [0.3, 0.4) is 0 Å². The Kier molecular flexibility index (Phi) is 9.84. The second-order valence-corrected chi connectivity index (χ2v) is 5.70. The lowest BCUT2D eigenvalue weighted by molar-refractivity contribution is 0.0678. The van der Waals surface area contributed by atoms with Crippen LogP contribution in [0, 0.1) is 5.92 Å². The zero-order valence-electron chi connectivity index (χ0n) is 13.3. The molecule has 0 amide bonds. The van der Waals surface area contributed by atoms with Crippen LogP contribution in [0.2, 0.25) is 0 Å². The largest absolute Gasteiger partial charge is 0.393 e. The lowest BCUT2D eigenvalue weighted by Crippen LogP contribution is -2.12. The van der Waals surface area contributed by atoms with Gasteiger partial charge in [0, 0.05) is 6.61 Å². The van der Waals surface area contributed by atoms with Gasteiger partial charge in [0.15, 0.2) is 0 Å². The molecule has 0 bridgehead atoms. The first-order valence-electron chi connectivity index (χ1n) is 8.18. The molecule has 0 aliphatic rings. The Morgan fingerprint density at radius 1 is 1.14 bits per heavy atom. The SMILES string of the molecule is C=CC(CCCC)CCC(O)CCOCc1ccccc1. The first-order chi connectivity index (χ1) is 10.3. The maximum atomic E-state index is 10.0. The van der Waals surface area contributed by atoms with Crippen LogP contribution in [0.25, 0.3) is 0 Å². The summed E-state index contributed by atoms with van der Waals surface area (Å²) in [6, 6.07) is 10.1. The van der Waals surface area contributed by atoms with Crippen molar-refractivity contribution in [1.29, 1.82) is 0 Å². The molecule has 0 radical (unpaired) electrons. The molecule has 1 rings (SSSR count). The van der Waals surface area contributed by atoms with E-state index in [1.54, 1.807) is 0 Å². The van der Waals surface area contributed by atoms with E-state index in [9.17, 15) is 5.11 Å². The molecule has 2 unspecified atom stereocenters. The molecule has 0 saturated carbocycles. The number of aliphatic hydroxyl groups is 1. The van der Waals surface area contributed by atoms with Crippen LogP contribution in [0.5, 0.6) is 0 Å². The Labute approximate surface area is 129 Å². The molecular weight excluding hydrogens is 260 g/mol. The number of ether oxygens (including phenoxy) is 1. The van der Waals surface area contributed by atoms with Crippen molar-refractivity contribution >= 4 is 0 Å². The van der Waals surface area contributed by atoms with Gasteiger partial charge in [-0.2, -0.15) is 0 Å². The fourth-order valence-corrected chi connectivity index (χ4v) is 2.38. The Balaban J connectivity index is 2.07. The Morgan fingerprint density at radius 2 is 1.90 bits per heavy atom. The molecule has 118 valence electrons. The lowest BCUT2D eigenvalue weighted by atomic mass is 9.95. The summed E-state index contributed by atoms with van der Waals surface area (Å²) in [7, 11) is 0. The zero-order chi connectivity index (χ0) is 15.3. The van der Waals surface area contributed by atoms with Crippen molar-refractivity contribution in [3.8, 4) is 0 Å². The van der Waals surface area contributed by atoms with Crippen molar-refractivity contribution in [3.05, 3.63) is 48.6 Å². The molecule has 0 aliphatic carbocycles. The molecule has 2 heteroatoms. The van der Waals surface area contributed by atoms with Gasteiger partial charge in [-0.15, -0.1) is 6.58 Å². The topological polar surface area (TPSA) is 29.5 Å². The summed E-state index contributed by atoms with van der Waals surface area (Å²) < 4.78 is 5.61. The Hall–Kier alpha value is -1.12. The Morgan fingerprint density at radius 3 is 2.57 bits per heavy atom. The quantitative estimate of drug-likeness (QED) is 0.445. The predicted molar refractivity (Wildman–Crippen MR) is 89.2 cm³/mol. The van der Waals surface area contributed by atoms with Gasteiger partial charge in [-0.1, -0.05) is 56.2 Å². The zero-order valence-corrected chi connectivity index (χ0v) is 13.3. The van der Waals surface area contributed by atoms with Crippen molar-refractivity contribution in [1.82, 2.24) is 0 Å². The van der Waals surface area contributed by atoms with Gasteiger partial charge in [-0.05, 0) is 37.2 Å². The van der Waals surface area contributed by atoms with Crippen molar-refractivity contribution in [2.75, 3.05) is 6.61 Å². The summed E-state index contributed by atoms with van der Waals surface area (Å²) in [5.41, 5.74) is 1.18.